The maximum Gasteiger partial charge on any atom is 0.321 e. The highest BCUT2D eigenvalue weighted by molar-refractivity contribution is 6.08. The standard InChI is InChI=1S/C26H27N5O4.C26H29N5O4.C24H25N5O4/c1-26(33)9-7-18(8-10-26)30-15-17-13-21(19(14-20(17)29-30)25-27-11-12-35-25)28-24(32)23-4-2-3-22(31(23)34)16-5-6-16;1-16(2)22-5-4-6-23(31(22)34)24(32)28-21-13-17-15-30(18-7-9-26(3,33)10-8-18)29-20(17)14-19(21)25-27-11-12-35-25;1-15-4-3-5-21(29(15)32)22(30)26-20-12-16-14-28(17-6-8-24(2,31)9-7-17)27-19(16)13-18(20)23-25-10-11-33-23/h2-4,11-16,18,33H,5-10H2,1H3,(H,28,32);4-6,11-16,18,33H,7-10H2,1-3H3,(H,28,32);3-5,10-14,17,31H,6-9H2,1-2H3,(H,26,30). The van der Waals surface area contributed by atoms with Crippen LogP contribution in [0.25, 0.3) is 67.1 Å². The van der Waals surface area contributed by atoms with E-state index in [0.717, 1.165) is 127 Å². The smallest absolute Gasteiger partial charge is 0.321 e. The van der Waals surface area contributed by atoms with Crippen LogP contribution in [0.3, 0.4) is 0 Å². The largest absolute Gasteiger partial charge is 0.618 e. The minimum atomic E-state index is -0.621. The average Bonchev–Trinajstić information content (AvgIpc) is 1.66. The number of aryl methyl sites for hydroxylation is 1. The predicted octanol–water partition coefficient (Wildman–Crippen LogP) is 12.6. The van der Waals surface area contributed by atoms with Crippen molar-refractivity contribution in [3.8, 4) is 34.4 Å². The number of carbonyl (C=O) groups is 3. The SMILES string of the molecule is CC(C)c1cccc(C(=O)Nc2cc3cn(C4CCC(C)(O)CC4)nc3cc2-c2ncco2)[n+]1[O-].CC1(O)CCC(n2cc3cc(NC(=O)c4cccc(C5CC5)[n+]4[O-])c(-c4ncco4)cc3n2)CC1.Cc1cccc(C(=O)Nc2cc3cn(C4CCC(C)(O)CC4)nc3cc2-c2ncco2)[n+]1[O-]. The fourth-order valence-electron chi connectivity index (χ4n) is 14.0. The number of rotatable bonds is 14. The molecule has 0 saturated heterocycles. The molecule has 16 rings (SSSR count). The number of hydrogen-bond acceptors (Lipinski definition) is 18. The molecule has 12 aromatic rings. The highest BCUT2D eigenvalue weighted by Gasteiger charge is 2.36. The Morgan fingerprint density at radius 3 is 1.17 bits per heavy atom. The Hall–Kier alpha value is -11.2. The fraction of sp³-hybridized carbons (Fsp3) is 0.368. The molecule has 3 aromatic carbocycles. The van der Waals surface area contributed by atoms with Crippen molar-refractivity contribution in [1.82, 2.24) is 44.3 Å². The second kappa shape index (κ2) is 28.0. The molecule has 4 aliphatic rings. The Labute approximate surface area is 591 Å². The number of benzene rings is 3. The topological polar surface area (TPSA) is 360 Å². The Bertz CT molecular complexity index is 4870. The van der Waals surface area contributed by atoms with E-state index in [1.165, 1.54) is 49.4 Å². The highest BCUT2D eigenvalue weighted by Crippen LogP contribution is 2.42. The fourth-order valence-corrected chi connectivity index (χ4v) is 14.0. The van der Waals surface area contributed by atoms with Gasteiger partial charge in [0.1, 0.15) is 18.8 Å². The number of oxazole rings is 3. The molecule has 3 amide bonds. The van der Waals surface area contributed by atoms with Gasteiger partial charge in [0.2, 0.25) is 17.7 Å². The van der Waals surface area contributed by atoms with Crippen LogP contribution in [0.5, 0.6) is 0 Å². The summed E-state index contributed by atoms with van der Waals surface area (Å²) in [6.07, 6.45) is 26.3. The predicted molar refractivity (Wildman–Crippen MR) is 381 cm³/mol. The molecule has 4 fully saturated rings. The summed E-state index contributed by atoms with van der Waals surface area (Å²) in [5.74, 6) is -0.281. The van der Waals surface area contributed by atoms with Crippen molar-refractivity contribution in [2.24, 2.45) is 0 Å². The van der Waals surface area contributed by atoms with E-state index in [2.05, 4.69) is 30.9 Å². The molecule has 103 heavy (non-hydrogen) atoms. The molecule has 4 saturated carbocycles. The molecule has 0 radical (unpaired) electrons. The third-order valence-corrected chi connectivity index (χ3v) is 20.3. The van der Waals surface area contributed by atoms with Gasteiger partial charge in [0.15, 0.2) is 17.1 Å². The summed E-state index contributed by atoms with van der Waals surface area (Å²) in [5.41, 5.74) is 5.21. The number of nitrogens with one attached hydrogen (secondary N) is 3. The van der Waals surface area contributed by atoms with Crippen LogP contribution < -0.4 is 30.1 Å². The van der Waals surface area contributed by atoms with E-state index in [0.29, 0.717) is 78.0 Å². The van der Waals surface area contributed by atoms with Gasteiger partial charge < -0.3 is 60.1 Å². The molecule has 9 heterocycles. The van der Waals surface area contributed by atoms with Gasteiger partial charge in [-0.15, -0.1) is 0 Å². The van der Waals surface area contributed by atoms with Gasteiger partial charge in [0.25, 0.3) is 17.1 Å². The number of amides is 3. The van der Waals surface area contributed by atoms with Gasteiger partial charge in [0, 0.05) is 89.9 Å². The molecule has 0 atom stereocenters. The molecular weight excluding hydrogens is 1310 g/mol. The summed E-state index contributed by atoms with van der Waals surface area (Å²) >= 11 is 0. The van der Waals surface area contributed by atoms with Crippen LogP contribution in [0.15, 0.2) is 160 Å². The monoisotopic (exact) mass is 1400 g/mol. The number of pyridine rings is 3. The molecule has 0 bridgehead atoms. The summed E-state index contributed by atoms with van der Waals surface area (Å²) in [6.45, 7) is 11.1. The van der Waals surface area contributed by atoms with Gasteiger partial charge in [-0.25, -0.2) is 15.0 Å². The zero-order valence-corrected chi connectivity index (χ0v) is 58.0. The van der Waals surface area contributed by atoms with Gasteiger partial charge >= 0.3 is 17.7 Å². The summed E-state index contributed by atoms with van der Waals surface area (Å²) in [5, 5.41) is 94.3. The van der Waals surface area contributed by atoms with Crippen LogP contribution in [-0.4, -0.2) is 94.1 Å². The molecule has 0 aliphatic heterocycles. The van der Waals surface area contributed by atoms with Crippen molar-refractivity contribution in [3.05, 3.63) is 197 Å². The van der Waals surface area contributed by atoms with Gasteiger partial charge in [-0.3, -0.25) is 28.4 Å². The summed E-state index contributed by atoms with van der Waals surface area (Å²) in [6, 6.07) is 26.4. The van der Waals surface area contributed by atoms with Crippen molar-refractivity contribution >= 4 is 67.5 Å². The lowest BCUT2D eigenvalue weighted by Crippen LogP contribution is -2.41. The number of hydrogen-bond donors (Lipinski definition) is 6. The van der Waals surface area contributed by atoms with Gasteiger partial charge in [-0.2, -0.15) is 29.5 Å². The first-order valence-corrected chi connectivity index (χ1v) is 34.9. The normalized spacial score (nSPS) is 21.2. The van der Waals surface area contributed by atoms with Crippen LogP contribution in [0, 0.1) is 22.5 Å². The zero-order valence-electron chi connectivity index (χ0n) is 58.0. The van der Waals surface area contributed by atoms with Crippen molar-refractivity contribution in [3.63, 3.8) is 0 Å². The van der Waals surface area contributed by atoms with Crippen molar-refractivity contribution in [2.45, 2.75) is 178 Å². The molecule has 27 heteroatoms. The number of fused-ring (bicyclic) bond motifs is 3. The molecule has 6 N–H and O–H groups in total. The van der Waals surface area contributed by atoms with Gasteiger partial charge in [-0.1, -0.05) is 13.8 Å². The number of anilines is 3. The third kappa shape index (κ3) is 15.0. The summed E-state index contributed by atoms with van der Waals surface area (Å²) < 4.78 is 24.4. The second-order valence-corrected chi connectivity index (χ2v) is 28.8. The zero-order chi connectivity index (χ0) is 72.1. The number of aromatic nitrogens is 12. The first-order valence-electron chi connectivity index (χ1n) is 34.9. The number of carbonyl (C=O) groups excluding carboxylic acids is 3. The maximum absolute atomic E-state index is 13.2. The molecule has 532 valence electrons. The summed E-state index contributed by atoms with van der Waals surface area (Å²) in [7, 11) is 0. The third-order valence-electron chi connectivity index (χ3n) is 20.3. The summed E-state index contributed by atoms with van der Waals surface area (Å²) in [4.78, 5) is 52.0. The maximum atomic E-state index is 13.2. The second-order valence-electron chi connectivity index (χ2n) is 28.8. The van der Waals surface area contributed by atoms with E-state index in [1.807, 2.05) is 104 Å². The minimum Gasteiger partial charge on any atom is -0.618 e. The van der Waals surface area contributed by atoms with Crippen LogP contribution in [0.1, 0.15) is 203 Å². The van der Waals surface area contributed by atoms with Crippen LogP contribution >= 0.6 is 0 Å². The van der Waals surface area contributed by atoms with E-state index in [4.69, 9.17) is 28.5 Å². The quantitative estimate of drug-likeness (QED) is 0.0435. The molecule has 4 aliphatic carbocycles. The van der Waals surface area contributed by atoms with Crippen LogP contribution in [0.2, 0.25) is 0 Å². The van der Waals surface area contributed by atoms with Crippen molar-refractivity contribution in [2.75, 3.05) is 16.0 Å². The molecular formula is C76H81N15O12. The first kappa shape index (κ1) is 68.9. The molecule has 0 spiro atoms. The van der Waals surface area contributed by atoms with E-state index in [-0.39, 0.29) is 47.0 Å². The Kier molecular flexibility index (Phi) is 18.7. The lowest BCUT2D eigenvalue weighted by molar-refractivity contribution is -0.617. The Balaban J connectivity index is 0.000000131. The van der Waals surface area contributed by atoms with E-state index >= 15 is 0 Å². The number of nitrogens with zero attached hydrogens (tertiary/aromatic N) is 12. The molecule has 9 aromatic heterocycles. The van der Waals surface area contributed by atoms with Crippen LogP contribution in [-0.2, 0) is 0 Å². The van der Waals surface area contributed by atoms with Crippen LogP contribution in [0.4, 0.5) is 17.1 Å². The van der Waals surface area contributed by atoms with Crippen molar-refractivity contribution < 1.29 is 57.1 Å². The molecule has 0 unspecified atom stereocenters. The van der Waals surface area contributed by atoms with Gasteiger partial charge in [-0.05, 0) is 165 Å². The van der Waals surface area contributed by atoms with Gasteiger partial charge in [0.05, 0.1) is 104 Å². The van der Waals surface area contributed by atoms with Crippen molar-refractivity contribution in [1.29, 1.82) is 0 Å². The Morgan fingerprint density at radius 1 is 0.485 bits per heavy atom. The highest BCUT2D eigenvalue weighted by atomic mass is 16.5. The van der Waals surface area contributed by atoms with E-state index in [1.54, 1.807) is 49.5 Å². The number of aliphatic hydroxyl groups is 3. The molecule has 27 nitrogen and oxygen atoms in total. The lowest BCUT2D eigenvalue weighted by Gasteiger charge is -2.33. The lowest BCUT2D eigenvalue weighted by atomic mass is 9.84. The van der Waals surface area contributed by atoms with E-state index < -0.39 is 34.5 Å². The average molecular weight is 1400 g/mol. The minimum absolute atomic E-state index is 0.00148. The van der Waals surface area contributed by atoms with E-state index in [9.17, 15) is 45.3 Å². The Morgan fingerprint density at radius 2 is 0.825 bits per heavy atom. The first-order chi connectivity index (χ1) is 49.4.